The Morgan fingerprint density at radius 3 is 2.00 bits per heavy atom. The summed E-state index contributed by atoms with van der Waals surface area (Å²) in [7, 11) is 1.35. The van der Waals surface area contributed by atoms with Gasteiger partial charge in [-0.2, -0.15) is 26.3 Å². The van der Waals surface area contributed by atoms with Crippen LogP contribution in [0.4, 0.5) is 30.7 Å². The van der Waals surface area contributed by atoms with Crippen LogP contribution in [-0.4, -0.2) is 76.5 Å². The smallest absolute Gasteiger partial charge is 0.381 e. The Bertz CT molecular complexity index is 1360. The molecule has 2 aromatic rings. The van der Waals surface area contributed by atoms with Crippen molar-refractivity contribution >= 4 is 11.8 Å². The van der Waals surface area contributed by atoms with Gasteiger partial charge in [-0.25, -0.2) is 4.39 Å². The molecule has 0 saturated carbocycles. The normalized spacial score (nSPS) is 20.8. The Morgan fingerprint density at radius 2 is 1.49 bits per heavy atom. The van der Waals surface area contributed by atoms with Crippen LogP contribution in [0.15, 0.2) is 36.4 Å². The molecule has 2 saturated heterocycles. The van der Waals surface area contributed by atoms with Crippen molar-refractivity contribution in [2.45, 2.75) is 76.5 Å². The van der Waals surface area contributed by atoms with Crippen molar-refractivity contribution in [2.24, 2.45) is 5.92 Å². The molecular formula is C32H38F7N3O3. The molecule has 2 aliphatic rings. The zero-order valence-corrected chi connectivity index (χ0v) is 25.6. The number of likely N-dealkylation sites (tertiary alicyclic amines) is 2. The van der Waals surface area contributed by atoms with Crippen LogP contribution in [0.3, 0.4) is 0 Å². The quantitative estimate of drug-likeness (QED) is 0.392. The number of hydrogen-bond acceptors (Lipinski definition) is 4. The maximum atomic E-state index is 14.0. The lowest BCUT2D eigenvalue weighted by molar-refractivity contribution is -0.150. The summed E-state index contributed by atoms with van der Waals surface area (Å²) in [5.74, 6) is -2.30. The zero-order chi connectivity index (χ0) is 33.5. The third-order valence-electron chi connectivity index (χ3n) is 8.83. The fraction of sp³-hybridized carbons (Fsp3) is 0.562. The second-order valence-electron chi connectivity index (χ2n) is 12.7. The number of hydrogen-bond donors (Lipinski definition) is 1. The fourth-order valence-electron chi connectivity index (χ4n) is 6.54. The summed E-state index contributed by atoms with van der Waals surface area (Å²) < 4.78 is 94.6. The van der Waals surface area contributed by atoms with Crippen molar-refractivity contribution in [3.05, 3.63) is 70.0 Å². The SMILES string of the molecule is Cc1cc(F)ccc1C1CN(C2CCN(C(=O)C(C)(C)O)CC2)CCC1C(=O)N(C)Cc1cc(C(F)(F)F)cc(C(F)(F)F)c1. The van der Waals surface area contributed by atoms with Gasteiger partial charge < -0.3 is 14.9 Å². The number of carbonyl (C=O) groups excluding carboxylic acids is 2. The molecule has 1 N–H and O–H groups in total. The first-order chi connectivity index (χ1) is 20.8. The van der Waals surface area contributed by atoms with E-state index in [0.29, 0.717) is 63.1 Å². The van der Waals surface area contributed by atoms with Crippen molar-refractivity contribution in [2.75, 3.05) is 33.2 Å². The van der Waals surface area contributed by atoms with E-state index < -0.39 is 59.2 Å². The Hall–Kier alpha value is -3.19. The maximum absolute atomic E-state index is 14.0. The van der Waals surface area contributed by atoms with Crippen LogP contribution in [0, 0.1) is 18.7 Å². The number of aryl methyl sites for hydroxylation is 1. The molecule has 4 rings (SSSR count). The summed E-state index contributed by atoms with van der Waals surface area (Å²) in [4.78, 5) is 31.4. The molecule has 2 fully saturated rings. The molecule has 6 nitrogen and oxygen atoms in total. The summed E-state index contributed by atoms with van der Waals surface area (Å²) in [6.07, 6.45) is -8.36. The standard InChI is InChI=1S/C32H38F7N3O3/c1-19-13-23(33)5-6-25(19)27-18-42(24-7-10-41(11-8-24)29(44)30(2,3)45)12-9-26(27)28(43)40(4)17-20-14-21(31(34,35)36)16-22(15-20)32(37,38)39/h5-6,13-16,24,26-27,45H,7-12,17-18H2,1-4H3. The predicted octanol–water partition coefficient (Wildman–Crippen LogP) is 6.00. The van der Waals surface area contributed by atoms with Gasteiger partial charge >= 0.3 is 12.4 Å². The lowest BCUT2D eigenvalue weighted by Gasteiger charge is -2.46. The molecule has 45 heavy (non-hydrogen) atoms. The lowest BCUT2D eigenvalue weighted by Crippen LogP contribution is -2.54. The molecule has 13 heteroatoms. The van der Waals surface area contributed by atoms with Crippen LogP contribution in [0.2, 0.25) is 0 Å². The molecule has 0 bridgehead atoms. The van der Waals surface area contributed by atoms with Gasteiger partial charge in [-0.1, -0.05) is 6.07 Å². The minimum Gasteiger partial charge on any atom is -0.381 e. The number of amides is 2. The van der Waals surface area contributed by atoms with Gasteiger partial charge in [0.1, 0.15) is 11.4 Å². The van der Waals surface area contributed by atoms with Crippen LogP contribution >= 0.6 is 0 Å². The van der Waals surface area contributed by atoms with Crippen molar-refractivity contribution < 1.29 is 45.4 Å². The van der Waals surface area contributed by atoms with Gasteiger partial charge in [0.15, 0.2) is 0 Å². The van der Waals surface area contributed by atoms with E-state index in [1.54, 1.807) is 17.9 Å². The molecule has 0 aliphatic carbocycles. The van der Waals surface area contributed by atoms with Gasteiger partial charge in [0.2, 0.25) is 5.91 Å². The first-order valence-electron chi connectivity index (χ1n) is 14.8. The third kappa shape index (κ3) is 8.16. The maximum Gasteiger partial charge on any atom is 0.416 e. The van der Waals surface area contributed by atoms with E-state index in [2.05, 4.69) is 4.90 Å². The Balaban J connectivity index is 1.56. The van der Waals surface area contributed by atoms with Crippen molar-refractivity contribution in [1.29, 1.82) is 0 Å². The highest BCUT2D eigenvalue weighted by molar-refractivity contribution is 5.84. The Kier molecular flexibility index (Phi) is 9.94. The Labute approximate surface area is 257 Å². The molecule has 2 aliphatic heterocycles. The van der Waals surface area contributed by atoms with E-state index >= 15 is 0 Å². The number of alkyl halides is 6. The van der Waals surface area contributed by atoms with Crippen molar-refractivity contribution in [3.63, 3.8) is 0 Å². The summed E-state index contributed by atoms with van der Waals surface area (Å²) >= 11 is 0. The molecule has 2 aromatic carbocycles. The monoisotopic (exact) mass is 645 g/mol. The predicted molar refractivity (Wildman–Crippen MR) is 152 cm³/mol. The van der Waals surface area contributed by atoms with E-state index in [1.165, 1.54) is 33.0 Å². The lowest BCUT2D eigenvalue weighted by atomic mass is 9.77. The van der Waals surface area contributed by atoms with Crippen molar-refractivity contribution in [1.82, 2.24) is 14.7 Å². The molecule has 2 atom stereocenters. The van der Waals surface area contributed by atoms with Gasteiger partial charge in [0.05, 0.1) is 11.1 Å². The number of nitrogens with zero attached hydrogens (tertiary/aromatic N) is 3. The van der Waals surface area contributed by atoms with Gasteiger partial charge in [-0.3, -0.25) is 14.5 Å². The van der Waals surface area contributed by atoms with Crippen LogP contribution in [0.25, 0.3) is 0 Å². The molecule has 0 aromatic heterocycles. The van der Waals surface area contributed by atoms with E-state index in [4.69, 9.17) is 0 Å². The van der Waals surface area contributed by atoms with Gasteiger partial charge in [-0.05, 0) is 93.6 Å². The topological polar surface area (TPSA) is 64.1 Å². The first kappa shape index (κ1) is 34.7. The molecule has 248 valence electrons. The zero-order valence-electron chi connectivity index (χ0n) is 25.6. The highest BCUT2D eigenvalue weighted by Gasteiger charge is 2.41. The second-order valence-corrected chi connectivity index (χ2v) is 12.7. The van der Waals surface area contributed by atoms with E-state index in [1.807, 2.05) is 0 Å². The summed E-state index contributed by atoms with van der Waals surface area (Å²) in [5, 5.41) is 10.1. The number of rotatable bonds is 6. The van der Waals surface area contributed by atoms with Crippen LogP contribution in [-0.2, 0) is 28.5 Å². The molecule has 2 heterocycles. The summed E-state index contributed by atoms with van der Waals surface area (Å²) in [6, 6.07) is 5.66. The number of piperidine rings is 2. The molecule has 2 unspecified atom stereocenters. The minimum absolute atomic E-state index is 0.0550. The second kappa shape index (κ2) is 12.9. The number of carbonyl (C=O) groups is 2. The first-order valence-corrected chi connectivity index (χ1v) is 14.8. The number of benzene rings is 2. The third-order valence-corrected chi connectivity index (χ3v) is 8.83. The highest BCUT2D eigenvalue weighted by atomic mass is 19.4. The highest BCUT2D eigenvalue weighted by Crippen LogP contribution is 2.39. The van der Waals surface area contributed by atoms with E-state index in [9.17, 15) is 45.4 Å². The summed E-state index contributed by atoms with van der Waals surface area (Å²) in [5.41, 5.74) is -3.31. The summed E-state index contributed by atoms with van der Waals surface area (Å²) in [6.45, 7) is 5.98. The Morgan fingerprint density at radius 1 is 0.911 bits per heavy atom. The van der Waals surface area contributed by atoms with Crippen LogP contribution in [0.5, 0.6) is 0 Å². The number of halogens is 7. The molecule has 0 radical (unpaired) electrons. The fourth-order valence-corrected chi connectivity index (χ4v) is 6.54. The van der Waals surface area contributed by atoms with E-state index in [-0.39, 0.29) is 23.6 Å². The van der Waals surface area contributed by atoms with Crippen LogP contribution in [0.1, 0.15) is 66.8 Å². The minimum atomic E-state index is -5.01. The van der Waals surface area contributed by atoms with Crippen LogP contribution < -0.4 is 0 Å². The largest absolute Gasteiger partial charge is 0.416 e. The van der Waals surface area contributed by atoms with Gasteiger partial charge in [-0.15, -0.1) is 0 Å². The number of aliphatic hydroxyl groups is 1. The average molecular weight is 646 g/mol. The molecule has 2 amide bonds. The van der Waals surface area contributed by atoms with Crippen molar-refractivity contribution in [3.8, 4) is 0 Å². The molecule has 0 spiro atoms. The van der Waals surface area contributed by atoms with E-state index in [0.717, 1.165) is 10.5 Å². The molecular weight excluding hydrogens is 607 g/mol. The van der Waals surface area contributed by atoms with Gasteiger partial charge in [0.25, 0.3) is 5.91 Å². The average Bonchev–Trinajstić information content (AvgIpc) is 2.94. The van der Waals surface area contributed by atoms with Gasteiger partial charge in [0, 0.05) is 51.1 Å².